The number of amides is 1. The Morgan fingerprint density at radius 3 is 3.05 bits per heavy atom. The molecule has 0 radical (unpaired) electrons. The summed E-state index contributed by atoms with van der Waals surface area (Å²) in [5, 5.41) is 1.24. The smallest absolute Gasteiger partial charge is 0.235 e. The van der Waals surface area contributed by atoms with E-state index >= 15 is 0 Å². The predicted octanol–water partition coefficient (Wildman–Crippen LogP) is 3.75. The third-order valence-corrected chi connectivity index (χ3v) is 6.20. The number of carbonyl (C=O) groups excluding carboxylic acids is 1. The quantitative estimate of drug-likeness (QED) is 0.863. The van der Waals surface area contributed by atoms with Crippen LogP contribution in [0.1, 0.15) is 30.7 Å². The molecule has 5 heteroatoms. The van der Waals surface area contributed by atoms with Gasteiger partial charge in [-0.15, -0.1) is 11.3 Å². The summed E-state index contributed by atoms with van der Waals surface area (Å²) in [7, 11) is 0. The summed E-state index contributed by atoms with van der Waals surface area (Å²) in [6.45, 7) is 3.71. The minimum atomic E-state index is 0.0547. The number of hydrogen-bond acceptors (Lipinski definition) is 4. The van der Waals surface area contributed by atoms with Gasteiger partial charge in [-0.05, 0) is 38.2 Å². The first-order chi connectivity index (χ1) is 10.2. The normalized spacial score (nSPS) is 20.7. The molecule has 0 unspecified atom stereocenters. The number of piperidine rings is 1. The summed E-state index contributed by atoms with van der Waals surface area (Å²) in [6.07, 6.45) is 4.21. The van der Waals surface area contributed by atoms with Gasteiger partial charge in [-0.25, -0.2) is 4.98 Å². The van der Waals surface area contributed by atoms with Gasteiger partial charge in [-0.2, -0.15) is 11.8 Å². The summed E-state index contributed by atoms with van der Waals surface area (Å²) in [5.41, 5.74) is 1.08. The molecule has 2 aromatic rings. The molecule has 112 valence electrons. The summed E-state index contributed by atoms with van der Waals surface area (Å²) in [6, 6.07) is 8.28. The Balaban J connectivity index is 1.78. The Morgan fingerprint density at radius 1 is 1.48 bits per heavy atom. The summed E-state index contributed by atoms with van der Waals surface area (Å²) in [4.78, 5) is 19.2. The second kappa shape index (κ2) is 6.36. The van der Waals surface area contributed by atoms with Gasteiger partial charge in [0.05, 0.1) is 20.5 Å². The monoisotopic (exact) mass is 320 g/mol. The lowest BCUT2D eigenvalue weighted by Gasteiger charge is -2.33. The van der Waals surface area contributed by atoms with E-state index in [0.717, 1.165) is 31.4 Å². The van der Waals surface area contributed by atoms with Gasteiger partial charge in [0, 0.05) is 19.0 Å². The van der Waals surface area contributed by atoms with Crippen molar-refractivity contribution >= 4 is 39.2 Å². The first kappa shape index (κ1) is 14.9. The highest BCUT2D eigenvalue weighted by Crippen LogP contribution is 2.33. The molecule has 1 aliphatic heterocycles. The molecule has 21 heavy (non-hydrogen) atoms. The van der Waals surface area contributed by atoms with Crippen LogP contribution in [0.3, 0.4) is 0 Å². The van der Waals surface area contributed by atoms with Gasteiger partial charge in [-0.1, -0.05) is 12.1 Å². The molecule has 1 aromatic carbocycles. The maximum absolute atomic E-state index is 12.4. The molecule has 0 saturated carbocycles. The molecule has 1 amide bonds. The van der Waals surface area contributed by atoms with E-state index in [2.05, 4.69) is 18.2 Å². The SMILES string of the molecule is CS[C@@H](C)C(=O)N1CCC[C@@H](c2nc3ccccc3s2)C1. The summed E-state index contributed by atoms with van der Waals surface area (Å²) < 4.78 is 1.24. The molecule has 1 aliphatic rings. The van der Waals surface area contributed by atoms with Crippen LogP contribution < -0.4 is 0 Å². The molecule has 0 bridgehead atoms. The van der Waals surface area contributed by atoms with Crippen molar-refractivity contribution < 1.29 is 4.79 Å². The topological polar surface area (TPSA) is 33.2 Å². The Hall–Kier alpha value is -1.07. The van der Waals surface area contributed by atoms with E-state index in [1.165, 1.54) is 9.71 Å². The number of benzene rings is 1. The van der Waals surface area contributed by atoms with Crippen molar-refractivity contribution in [3.05, 3.63) is 29.3 Å². The van der Waals surface area contributed by atoms with Crippen LogP contribution in [0, 0.1) is 0 Å². The van der Waals surface area contributed by atoms with E-state index < -0.39 is 0 Å². The summed E-state index contributed by atoms with van der Waals surface area (Å²) >= 11 is 3.40. The summed E-state index contributed by atoms with van der Waals surface area (Å²) in [5.74, 6) is 0.669. The van der Waals surface area contributed by atoms with Gasteiger partial charge in [0.1, 0.15) is 0 Å². The largest absolute Gasteiger partial charge is 0.341 e. The molecule has 1 saturated heterocycles. The van der Waals surface area contributed by atoms with Crippen molar-refractivity contribution in [2.75, 3.05) is 19.3 Å². The van der Waals surface area contributed by atoms with Crippen molar-refractivity contribution in [3.8, 4) is 0 Å². The van der Waals surface area contributed by atoms with Crippen LogP contribution >= 0.6 is 23.1 Å². The Morgan fingerprint density at radius 2 is 2.29 bits per heavy atom. The Labute approximate surface area is 133 Å². The first-order valence-electron chi connectivity index (χ1n) is 7.36. The van der Waals surface area contributed by atoms with Gasteiger partial charge in [0.2, 0.25) is 5.91 Å². The molecule has 2 atom stereocenters. The molecule has 1 fully saturated rings. The number of likely N-dealkylation sites (tertiary alicyclic amines) is 1. The number of rotatable bonds is 3. The molecule has 0 aliphatic carbocycles. The number of para-hydroxylation sites is 1. The van der Waals surface area contributed by atoms with Gasteiger partial charge >= 0.3 is 0 Å². The zero-order chi connectivity index (χ0) is 14.8. The van der Waals surface area contributed by atoms with Gasteiger partial charge in [-0.3, -0.25) is 4.79 Å². The third-order valence-electron chi connectivity index (χ3n) is 4.09. The number of carbonyl (C=O) groups is 1. The lowest BCUT2D eigenvalue weighted by atomic mass is 9.98. The minimum absolute atomic E-state index is 0.0547. The van der Waals surface area contributed by atoms with E-state index in [1.807, 2.05) is 24.1 Å². The highest BCUT2D eigenvalue weighted by Gasteiger charge is 2.28. The Kier molecular flexibility index (Phi) is 4.50. The van der Waals surface area contributed by atoms with Crippen molar-refractivity contribution in [3.63, 3.8) is 0 Å². The number of fused-ring (bicyclic) bond motifs is 1. The van der Waals surface area contributed by atoms with Crippen LogP contribution in [0.15, 0.2) is 24.3 Å². The van der Waals surface area contributed by atoms with Crippen LogP contribution in [0.2, 0.25) is 0 Å². The zero-order valence-corrected chi connectivity index (χ0v) is 14.0. The molecule has 1 aromatic heterocycles. The lowest BCUT2D eigenvalue weighted by Crippen LogP contribution is -2.42. The fourth-order valence-corrected chi connectivity index (χ4v) is 4.25. The number of hydrogen-bond donors (Lipinski definition) is 0. The number of nitrogens with zero attached hydrogens (tertiary/aromatic N) is 2. The molecule has 3 nitrogen and oxygen atoms in total. The highest BCUT2D eigenvalue weighted by molar-refractivity contribution is 7.99. The number of aromatic nitrogens is 1. The van der Waals surface area contributed by atoms with Crippen molar-refractivity contribution in [1.29, 1.82) is 0 Å². The van der Waals surface area contributed by atoms with Gasteiger partial charge < -0.3 is 4.90 Å². The molecular weight excluding hydrogens is 300 g/mol. The average Bonchev–Trinajstić information content (AvgIpc) is 2.97. The van der Waals surface area contributed by atoms with E-state index in [-0.39, 0.29) is 11.2 Å². The van der Waals surface area contributed by atoms with E-state index in [0.29, 0.717) is 5.92 Å². The fraction of sp³-hybridized carbons (Fsp3) is 0.500. The van der Waals surface area contributed by atoms with E-state index in [9.17, 15) is 4.79 Å². The molecular formula is C16H20N2OS2. The zero-order valence-electron chi connectivity index (χ0n) is 12.4. The molecule has 2 heterocycles. The van der Waals surface area contributed by atoms with Crippen LogP contribution in [0.25, 0.3) is 10.2 Å². The van der Waals surface area contributed by atoms with Crippen molar-refractivity contribution in [1.82, 2.24) is 9.88 Å². The van der Waals surface area contributed by atoms with Crippen LogP contribution in [-0.2, 0) is 4.79 Å². The number of thioether (sulfide) groups is 1. The van der Waals surface area contributed by atoms with Crippen molar-refractivity contribution in [2.24, 2.45) is 0 Å². The van der Waals surface area contributed by atoms with E-state index in [1.54, 1.807) is 23.1 Å². The lowest BCUT2D eigenvalue weighted by molar-refractivity contribution is -0.131. The molecule has 0 N–H and O–H groups in total. The highest BCUT2D eigenvalue weighted by atomic mass is 32.2. The van der Waals surface area contributed by atoms with Crippen molar-refractivity contribution in [2.45, 2.75) is 30.9 Å². The van der Waals surface area contributed by atoms with Gasteiger partial charge in [0.15, 0.2) is 0 Å². The van der Waals surface area contributed by atoms with Crippen LogP contribution in [-0.4, -0.2) is 40.4 Å². The molecule has 0 spiro atoms. The van der Waals surface area contributed by atoms with E-state index in [4.69, 9.17) is 4.98 Å². The second-order valence-corrected chi connectivity index (χ2v) is 7.76. The maximum atomic E-state index is 12.4. The van der Waals surface area contributed by atoms with Gasteiger partial charge in [0.25, 0.3) is 0 Å². The fourth-order valence-electron chi connectivity index (χ4n) is 2.80. The second-order valence-electron chi connectivity index (χ2n) is 5.52. The van der Waals surface area contributed by atoms with Crippen LogP contribution in [0.5, 0.6) is 0 Å². The van der Waals surface area contributed by atoms with Crippen LogP contribution in [0.4, 0.5) is 0 Å². The average molecular weight is 320 g/mol. The maximum Gasteiger partial charge on any atom is 0.235 e. The minimum Gasteiger partial charge on any atom is -0.341 e. The first-order valence-corrected chi connectivity index (χ1v) is 9.46. The standard InChI is InChI=1S/C16H20N2OS2/c1-11(20-2)16(19)18-9-5-6-12(10-18)15-17-13-7-3-4-8-14(13)21-15/h3-4,7-8,11-12H,5-6,9-10H2,1-2H3/t11-,12+/m0/s1. The Bertz CT molecular complexity index is 607. The molecule has 3 rings (SSSR count). The number of thiazole rings is 1. The third kappa shape index (κ3) is 3.09. The predicted molar refractivity (Wildman–Crippen MR) is 91.2 cm³/mol.